The standard InChI is InChI=1S/C22H18FN3O4S/c23-16-5-3-4-15(12-16)19(27)13-24-22(28)14-8-10-17(11-9-14)25-21-18-6-1-2-7-20(18)31(29,30)26-21/h1-12,19,27H,13H2,(H,24,28)(H,25,26). The van der Waals surface area contributed by atoms with Crippen molar-refractivity contribution in [2.75, 3.05) is 11.9 Å². The first kappa shape index (κ1) is 20.7. The number of carbonyl (C=O) groups excluding carboxylic acids is 1. The lowest BCUT2D eigenvalue weighted by molar-refractivity contribution is 0.0916. The molecular formula is C22H18FN3O4S. The van der Waals surface area contributed by atoms with Gasteiger partial charge in [-0.25, -0.2) is 4.39 Å². The number of fused-ring (bicyclic) bond motifs is 1. The maximum absolute atomic E-state index is 13.3. The fraction of sp³-hybridized carbons (Fsp3) is 0.0909. The first-order chi connectivity index (χ1) is 14.8. The number of nitrogens with one attached hydrogen (secondary N) is 2. The first-order valence-electron chi connectivity index (χ1n) is 9.37. The Morgan fingerprint density at radius 2 is 1.77 bits per heavy atom. The van der Waals surface area contributed by atoms with Crippen LogP contribution in [0.2, 0.25) is 0 Å². The second kappa shape index (κ2) is 8.29. The molecule has 3 N–H and O–H groups in total. The van der Waals surface area contributed by atoms with Gasteiger partial charge >= 0.3 is 0 Å². The Morgan fingerprint density at radius 3 is 2.52 bits per heavy atom. The average molecular weight is 439 g/mol. The van der Waals surface area contributed by atoms with E-state index in [4.69, 9.17) is 0 Å². The predicted octanol–water partition coefficient (Wildman–Crippen LogP) is 2.85. The topological polar surface area (TPSA) is 108 Å². The van der Waals surface area contributed by atoms with Crippen molar-refractivity contribution >= 4 is 27.5 Å². The summed E-state index contributed by atoms with van der Waals surface area (Å²) >= 11 is 0. The number of hydrogen-bond donors (Lipinski definition) is 3. The molecule has 7 nitrogen and oxygen atoms in total. The van der Waals surface area contributed by atoms with E-state index in [-0.39, 0.29) is 17.3 Å². The highest BCUT2D eigenvalue weighted by Gasteiger charge is 2.28. The van der Waals surface area contributed by atoms with Gasteiger partial charge in [-0.2, -0.15) is 8.42 Å². The maximum Gasteiger partial charge on any atom is 0.285 e. The van der Waals surface area contributed by atoms with Gasteiger partial charge in [0.15, 0.2) is 5.84 Å². The van der Waals surface area contributed by atoms with Crippen molar-refractivity contribution in [2.24, 2.45) is 4.40 Å². The SMILES string of the molecule is O=C(NCC(O)c1cccc(F)c1)c1ccc(NC2=NS(=O)(=O)c3ccccc32)cc1. The van der Waals surface area contributed by atoms with Crippen LogP contribution >= 0.6 is 0 Å². The molecule has 9 heteroatoms. The number of aliphatic hydroxyl groups excluding tert-OH is 1. The highest BCUT2D eigenvalue weighted by molar-refractivity contribution is 7.90. The largest absolute Gasteiger partial charge is 0.387 e. The molecule has 1 heterocycles. The van der Waals surface area contributed by atoms with E-state index in [1.165, 1.54) is 24.3 Å². The van der Waals surface area contributed by atoms with Crippen LogP contribution in [0.1, 0.15) is 27.6 Å². The molecule has 0 aliphatic carbocycles. The lowest BCUT2D eigenvalue weighted by Gasteiger charge is -2.13. The first-order valence-corrected chi connectivity index (χ1v) is 10.8. The highest BCUT2D eigenvalue weighted by Crippen LogP contribution is 2.26. The summed E-state index contributed by atoms with van der Waals surface area (Å²) in [6.07, 6.45) is -1.04. The molecule has 0 fully saturated rings. The third kappa shape index (κ3) is 4.47. The summed E-state index contributed by atoms with van der Waals surface area (Å²) in [5.74, 6) is -0.660. The lowest BCUT2D eigenvalue weighted by Crippen LogP contribution is -2.28. The zero-order chi connectivity index (χ0) is 22.0. The molecular weight excluding hydrogens is 421 g/mol. The number of rotatable bonds is 5. The molecule has 1 aliphatic rings. The van der Waals surface area contributed by atoms with Crippen molar-refractivity contribution in [2.45, 2.75) is 11.0 Å². The van der Waals surface area contributed by atoms with E-state index in [9.17, 15) is 22.7 Å². The fourth-order valence-corrected chi connectivity index (χ4v) is 4.34. The van der Waals surface area contributed by atoms with Crippen molar-refractivity contribution in [3.63, 3.8) is 0 Å². The number of aliphatic hydroxyl groups is 1. The molecule has 0 spiro atoms. The molecule has 0 radical (unpaired) electrons. The van der Waals surface area contributed by atoms with Crippen LogP contribution in [0.5, 0.6) is 0 Å². The van der Waals surface area contributed by atoms with Gasteiger partial charge in [0.1, 0.15) is 10.7 Å². The molecule has 1 atom stereocenters. The Kier molecular flexibility index (Phi) is 5.53. The Morgan fingerprint density at radius 1 is 1.03 bits per heavy atom. The summed E-state index contributed by atoms with van der Waals surface area (Å²) in [4.78, 5) is 12.5. The third-order valence-electron chi connectivity index (χ3n) is 4.73. The van der Waals surface area contributed by atoms with Crippen molar-refractivity contribution in [1.29, 1.82) is 0 Å². The second-order valence-electron chi connectivity index (χ2n) is 6.89. The number of sulfonamides is 1. The molecule has 3 aromatic carbocycles. The molecule has 1 amide bonds. The van der Waals surface area contributed by atoms with Crippen molar-refractivity contribution in [3.8, 4) is 0 Å². The Balaban J connectivity index is 1.40. The maximum atomic E-state index is 13.3. The summed E-state index contributed by atoms with van der Waals surface area (Å²) in [6, 6.07) is 18.4. The monoisotopic (exact) mass is 439 g/mol. The summed E-state index contributed by atoms with van der Waals surface area (Å²) < 4.78 is 41.3. The Bertz CT molecular complexity index is 1270. The summed E-state index contributed by atoms with van der Waals surface area (Å²) in [5.41, 5.74) is 1.75. The molecule has 1 aliphatic heterocycles. The zero-order valence-corrected chi connectivity index (χ0v) is 16.9. The smallest absolute Gasteiger partial charge is 0.285 e. The molecule has 31 heavy (non-hydrogen) atoms. The van der Waals surface area contributed by atoms with Crippen LogP contribution in [0.15, 0.2) is 82.1 Å². The highest BCUT2D eigenvalue weighted by atomic mass is 32.2. The number of carbonyl (C=O) groups is 1. The van der Waals surface area contributed by atoms with Crippen molar-refractivity contribution in [3.05, 3.63) is 95.3 Å². The minimum Gasteiger partial charge on any atom is -0.387 e. The van der Waals surface area contributed by atoms with Crippen LogP contribution < -0.4 is 10.6 Å². The van der Waals surface area contributed by atoms with Gasteiger partial charge in [-0.1, -0.05) is 24.3 Å². The quantitative estimate of drug-likeness (QED) is 0.567. The van der Waals surface area contributed by atoms with Gasteiger partial charge in [0.25, 0.3) is 15.9 Å². The van der Waals surface area contributed by atoms with Crippen LogP contribution in [0.3, 0.4) is 0 Å². The van der Waals surface area contributed by atoms with E-state index >= 15 is 0 Å². The minimum atomic E-state index is -3.72. The van der Waals surface area contributed by atoms with E-state index in [1.54, 1.807) is 48.5 Å². The van der Waals surface area contributed by atoms with E-state index in [0.29, 0.717) is 22.4 Å². The van der Waals surface area contributed by atoms with E-state index in [2.05, 4.69) is 15.0 Å². The third-order valence-corrected chi connectivity index (χ3v) is 6.07. The molecule has 3 aromatic rings. The van der Waals surface area contributed by atoms with Gasteiger partial charge in [-0.3, -0.25) is 4.79 Å². The lowest BCUT2D eigenvalue weighted by atomic mass is 10.1. The van der Waals surface area contributed by atoms with Gasteiger partial charge in [-0.15, -0.1) is 4.40 Å². The predicted molar refractivity (Wildman–Crippen MR) is 114 cm³/mol. The number of nitrogens with zero attached hydrogens (tertiary/aromatic N) is 1. The van der Waals surface area contributed by atoms with Gasteiger partial charge in [-0.05, 0) is 54.1 Å². The number of halogens is 1. The number of hydrogen-bond acceptors (Lipinski definition) is 5. The van der Waals surface area contributed by atoms with Gasteiger partial charge in [0.05, 0.1) is 6.10 Å². The Labute approximate surface area is 178 Å². The molecule has 1 unspecified atom stereocenters. The number of anilines is 1. The van der Waals surface area contributed by atoms with Gasteiger partial charge in [0.2, 0.25) is 0 Å². The van der Waals surface area contributed by atoms with E-state index in [0.717, 1.165) is 0 Å². The molecule has 158 valence electrons. The molecule has 0 saturated heterocycles. The average Bonchev–Trinajstić information content (AvgIpc) is 3.02. The van der Waals surface area contributed by atoms with Crippen molar-refractivity contribution in [1.82, 2.24) is 5.32 Å². The normalized spacial score (nSPS) is 15.0. The molecule has 4 rings (SSSR count). The van der Waals surface area contributed by atoms with Gasteiger partial charge < -0.3 is 15.7 Å². The Hall–Kier alpha value is -3.56. The fourth-order valence-electron chi connectivity index (χ4n) is 3.16. The van der Waals surface area contributed by atoms with E-state index < -0.39 is 27.9 Å². The minimum absolute atomic E-state index is 0.0757. The van der Waals surface area contributed by atoms with Crippen LogP contribution in [0, 0.1) is 5.82 Å². The van der Waals surface area contributed by atoms with Crippen molar-refractivity contribution < 1.29 is 22.7 Å². The molecule has 0 bridgehead atoms. The number of amides is 1. The van der Waals surface area contributed by atoms with Crippen LogP contribution in [-0.4, -0.2) is 31.8 Å². The van der Waals surface area contributed by atoms with Gasteiger partial charge in [0, 0.05) is 23.4 Å². The summed E-state index contributed by atoms with van der Waals surface area (Å²) in [6.45, 7) is -0.0757. The number of benzene rings is 3. The van der Waals surface area contributed by atoms with Crippen LogP contribution in [-0.2, 0) is 10.0 Å². The van der Waals surface area contributed by atoms with Crippen LogP contribution in [0.4, 0.5) is 10.1 Å². The van der Waals surface area contributed by atoms with E-state index in [1.807, 2.05) is 0 Å². The molecule has 0 aromatic heterocycles. The summed E-state index contributed by atoms with van der Waals surface area (Å²) in [5, 5.41) is 15.7. The second-order valence-corrected chi connectivity index (χ2v) is 8.47. The molecule has 0 saturated carbocycles. The zero-order valence-electron chi connectivity index (χ0n) is 16.1. The summed E-state index contributed by atoms with van der Waals surface area (Å²) in [7, 11) is -3.72. The van der Waals surface area contributed by atoms with Crippen LogP contribution in [0.25, 0.3) is 0 Å². The number of amidine groups is 1.